The lowest BCUT2D eigenvalue weighted by Crippen LogP contribution is -2.08. The molecular formula is C21H13NO6. The maximum Gasteiger partial charge on any atom is 0.345 e. The summed E-state index contributed by atoms with van der Waals surface area (Å²) in [6, 6.07) is 13.2. The molecule has 0 saturated carbocycles. The van der Waals surface area contributed by atoms with Gasteiger partial charge in [0.25, 0.3) is 0 Å². The van der Waals surface area contributed by atoms with E-state index in [1.54, 1.807) is 42.6 Å². The first-order valence-corrected chi connectivity index (χ1v) is 8.24. The number of fused-ring (bicyclic) bond motifs is 1. The Kier molecular flexibility index (Phi) is 4.25. The zero-order valence-corrected chi connectivity index (χ0v) is 14.3. The molecule has 4 aromatic rings. The van der Waals surface area contributed by atoms with Gasteiger partial charge in [-0.25, -0.2) is 4.79 Å². The molecule has 0 atom stereocenters. The van der Waals surface area contributed by atoms with E-state index in [4.69, 9.17) is 9.15 Å². The first-order valence-electron chi connectivity index (χ1n) is 8.24. The fourth-order valence-electron chi connectivity index (χ4n) is 2.70. The van der Waals surface area contributed by atoms with Gasteiger partial charge in [-0.2, -0.15) is 0 Å². The van der Waals surface area contributed by atoms with Gasteiger partial charge >= 0.3 is 5.97 Å². The van der Waals surface area contributed by atoms with E-state index in [1.807, 2.05) is 0 Å². The molecule has 2 aromatic carbocycles. The molecule has 28 heavy (non-hydrogen) atoms. The van der Waals surface area contributed by atoms with Crippen LogP contribution in [0.2, 0.25) is 0 Å². The summed E-state index contributed by atoms with van der Waals surface area (Å²) >= 11 is 0. The highest BCUT2D eigenvalue weighted by atomic mass is 16.5. The van der Waals surface area contributed by atoms with Gasteiger partial charge in [0.15, 0.2) is 16.8 Å². The van der Waals surface area contributed by atoms with Crippen LogP contribution in [-0.4, -0.2) is 21.2 Å². The van der Waals surface area contributed by atoms with Crippen LogP contribution in [0.25, 0.3) is 22.3 Å². The quantitative estimate of drug-likeness (QED) is 0.417. The number of carbonyl (C=O) groups is 1. The predicted molar refractivity (Wildman–Crippen MR) is 100 cm³/mol. The Balaban J connectivity index is 1.64. The highest BCUT2D eigenvalue weighted by molar-refractivity contribution is 5.90. The molecule has 0 radical (unpaired) electrons. The number of ether oxygens (including phenoxy) is 1. The molecular weight excluding hydrogens is 362 g/mol. The average Bonchev–Trinajstić information content (AvgIpc) is 2.70. The number of aromatic hydroxyl groups is 2. The lowest BCUT2D eigenvalue weighted by molar-refractivity contribution is 0.0734. The Morgan fingerprint density at radius 1 is 1.04 bits per heavy atom. The molecule has 0 aliphatic carbocycles. The van der Waals surface area contributed by atoms with E-state index in [-0.39, 0.29) is 28.2 Å². The largest absolute Gasteiger partial charge is 0.508 e. The number of nitrogens with zero attached hydrogens (tertiary/aromatic N) is 1. The second kappa shape index (κ2) is 6.88. The first-order chi connectivity index (χ1) is 13.5. The van der Waals surface area contributed by atoms with Crippen LogP contribution in [0.4, 0.5) is 0 Å². The smallest absolute Gasteiger partial charge is 0.345 e. The van der Waals surface area contributed by atoms with Crippen LogP contribution >= 0.6 is 0 Å². The topological polar surface area (TPSA) is 110 Å². The lowest BCUT2D eigenvalue weighted by atomic mass is 10.1. The van der Waals surface area contributed by atoms with Gasteiger partial charge in [-0.3, -0.25) is 9.78 Å². The summed E-state index contributed by atoms with van der Waals surface area (Å²) in [4.78, 5) is 28.2. The van der Waals surface area contributed by atoms with E-state index in [2.05, 4.69) is 4.98 Å². The molecule has 2 N–H and O–H groups in total. The minimum Gasteiger partial charge on any atom is -0.508 e. The third-order valence-electron chi connectivity index (χ3n) is 4.04. The molecule has 0 unspecified atom stereocenters. The van der Waals surface area contributed by atoms with Crippen molar-refractivity contribution in [3.63, 3.8) is 0 Å². The molecule has 0 aliphatic rings. The predicted octanol–water partition coefficient (Wildman–Crippen LogP) is 3.49. The van der Waals surface area contributed by atoms with Crippen molar-refractivity contribution in [1.29, 1.82) is 0 Å². The molecule has 0 saturated heterocycles. The van der Waals surface area contributed by atoms with Crippen LogP contribution in [0.1, 0.15) is 10.4 Å². The van der Waals surface area contributed by atoms with E-state index < -0.39 is 11.4 Å². The van der Waals surface area contributed by atoms with Gasteiger partial charge in [0, 0.05) is 30.1 Å². The standard InChI is InChI=1S/C21H13NO6/c23-14-8-16-17(24)10-19(28-20(16)18(25)9-14)12-3-5-15(6-4-12)27-21(26)13-2-1-7-22-11-13/h1-11,23,25H. The van der Waals surface area contributed by atoms with Crippen LogP contribution in [0.15, 0.2) is 76.2 Å². The molecule has 2 aromatic heterocycles. The molecule has 7 nitrogen and oxygen atoms in total. The van der Waals surface area contributed by atoms with Gasteiger partial charge in [0.1, 0.15) is 17.3 Å². The monoisotopic (exact) mass is 375 g/mol. The minimum absolute atomic E-state index is 0.0209. The Morgan fingerprint density at radius 3 is 2.54 bits per heavy atom. The molecule has 0 fully saturated rings. The van der Waals surface area contributed by atoms with Gasteiger partial charge in [-0.1, -0.05) is 0 Å². The number of phenolic OH excluding ortho intramolecular Hbond substituents is 2. The number of pyridine rings is 1. The Labute approximate surface area is 158 Å². The maximum atomic E-state index is 12.3. The van der Waals surface area contributed by atoms with Crippen molar-refractivity contribution in [2.75, 3.05) is 0 Å². The van der Waals surface area contributed by atoms with Gasteiger partial charge < -0.3 is 19.4 Å². The molecule has 0 bridgehead atoms. The van der Waals surface area contributed by atoms with Crippen LogP contribution in [0.5, 0.6) is 17.2 Å². The summed E-state index contributed by atoms with van der Waals surface area (Å²) < 4.78 is 10.9. The molecule has 7 heteroatoms. The van der Waals surface area contributed by atoms with Gasteiger partial charge in [-0.15, -0.1) is 0 Å². The van der Waals surface area contributed by atoms with Crippen molar-refractivity contribution in [3.8, 4) is 28.6 Å². The summed E-state index contributed by atoms with van der Waals surface area (Å²) in [5, 5.41) is 19.5. The molecule has 4 rings (SSSR count). The second-order valence-electron chi connectivity index (χ2n) is 5.97. The van der Waals surface area contributed by atoms with Gasteiger partial charge in [-0.05, 0) is 42.5 Å². The van der Waals surface area contributed by atoms with Crippen molar-refractivity contribution in [3.05, 3.63) is 82.8 Å². The number of hydrogen-bond acceptors (Lipinski definition) is 7. The van der Waals surface area contributed by atoms with Crippen molar-refractivity contribution in [2.24, 2.45) is 0 Å². The number of aromatic nitrogens is 1. The summed E-state index contributed by atoms with van der Waals surface area (Å²) in [6.45, 7) is 0. The van der Waals surface area contributed by atoms with Crippen LogP contribution in [0, 0.1) is 0 Å². The highest BCUT2D eigenvalue weighted by Crippen LogP contribution is 2.31. The fraction of sp³-hybridized carbons (Fsp3) is 0. The van der Waals surface area contributed by atoms with Crippen LogP contribution in [0.3, 0.4) is 0 Å². The highest BCUT2D eigenvalue weighted by Gasteiger charge is 2.13. The third kappa shape index (κ3) is 3.28. The van der Waals surface area contributed by atoms with Gasteiger partial charge in [0.2, 0.25) is 0 Å². The van der Waals surface area contributed by atoms with Crippen LogP contribution < -0.4 is 10.2 Å². The summed E-state index contributed by atoms with van der Waals surface area (Å²) in [7, 11) is 0. The number of hydrogen-bond donors (Lipinski definition) is 2. The van der Waals surface area contributed by atoms with E-state index in [0.717, 1.165) is 6.07 Å². The summed E-state index contributed by atoms with van der Waals surface area (Å²) in [5.74, 6) is -0.569. The Bertz CT molecular complexity index is 1230. The number of rotatable bonds is 3. The Hall–Kier alpha value is -4.13. The van der Waals surface area contributed by atoms with E-state index in [9.17, 15) is 19.8 Å². The summed E-state index contributed by atoms with van der Waals surface area (Å²) in [5.41, 5.74) is 0.445. The van der Waals surface area contributed by atoms with Gasteiger partial charge in [0.05, 0.1) is 10.9 Å². The number of esters is 1. The average molecular weight is 375 g/mol. The first kappa shape index (κ1) is 17.3. The van der Waals surface area contributed by atoms with Crippen molar-refractivity contribution >= 4 is 16.9 Å². The number of phenols is 2. The molecule has 0 aliphatic heterocycles. The number of benzene rings is 2. The fourth-order valence-corrected chi connectivity index (χ4v) is 2.70. The number of carbonyl (C=O) groups excluding carboxylic acids is 1. The molecule has 0 spiro atoms. The van der Waals surface area contributed by atoms with Crippen molar-refractivity contribution in [1.82, 2.24) is 4.98 Å². The minimum atomic E-state index is -0.539. The maximum absolute atomic E-state index is 12.3. The Morgan fingerprint density at radius 2 is 1.82 bits per heavy atom. The van der Waals surface area contributed by atoms with E-state index in [0.29, 0.717) is 16.9 Å². The second-order valence-corrected chi connectivity index (χ2v) is 5.97. The van der Waals surface area contributed by atoms with E-state index >= 15 is 0 Å². The zero-order chi connectivity index (χ0) is 19.7. The van der Waals surface area contributed by atoms with Crippen molar-refractivity contribution in [2.45, 2.75) is 0 Å². The zero-order valence-electron chi connectivity index (χ0n) is 14.3. The normalized spacial score (nSPS) is 10.7. The third-order valence-corrected chi connectivity index (χ3v) is 4.04. The lowest BCUT2D eigenvalue weighted by Gasteiger charge is -2.07. The summed E-state index contributed by atoms with van der Waals surface area (Å²) in [6.07, 6.45) is 2.97. The van der Waals surface area contributed by atoms with E-state index in [1.165, 1.54) is 18.3 Å². The molecule has 138 valence electrons. The molecule has 2 heterocycles. The van der Waals surface area contributed by atoms with Crippen molar-refractivity contribution < 1.29 is 24.2 Å². The van der Waals surface area contributed by atoms with Crippen LogP contribution in [-0.2, 0) is 0 Å². The molecule has 0 amide bonds. The SMILES string of the molecule is O=C(Oc1ccc(-c2cc(=O)c3cc(O)cc(O)c3o2)cc1)c1cccnc1.